The minimum Gasteiger partial charge on any atom is -0.312 e. The lowest BCUT2D eigenvalue weighted by Gasteiger charge is -2.23. The third kappa shape index (κ3) is 3.17. The van der Waals surface area contributed by atoms with Crippen LogP contribution in [0.2, 0.25) is 0 Å². The number of nitrogens with zero attached hydrogens (tertiary/aromatic N) is 5. The van der Waals surface area contributed by atoms with E-state index in [1.165, 1.54) is 6.08 Å². The van der Waals surface area contributed by atoms with Crippen molar-refractivity contribution in [1.29, 1.82) is 0 Å². The van der Waals surface area contributed by atoms with Crippen molar-refractivity contribution in [3.63, 3.8) is 0 Å². The van der Waals surface area contributed by atoms with Gasteiger partial charge in [-0.3, -0.25) is 9.59 Å². The summed E-state index contributed by atoms with van der Waals surface area (Å²) >= 11 is 0. The Morgan fingerprint density at radius 2 is 2.20 bits per heavy atom. The van der Waals surface area contributed by atoms with E-state index >= 15 is 0 Å². The third-order valence-corrected chi connectivity index (χ3v) is 4.41. The summed E-state index contributed by atoms with van der Waals surface area (Å²) in [7, 11) is 0. The molecule has 0 spiro atoms. The predicted molar refractivity (Wildman–Crippen MR) is 95.3 cm³/mol. The first-order valence-corrected chi connectivity index (χ1v) is 8.27. The van der Waals surface area contributed by atoms with Crippen LogP contribution in [0.1, 0.15) is 25.1 Å². The minimum absolute atomic E-state index is 0.0310. The van der Waals surface area contributed by atoms with Crippen LogP contribution < -0.4 is 9.80 Å². The van der Waals surface area contributed by atoms with Crippen LogP contribution in [0.15, 0.2) is 37.1 Å². The van der Waals surface area contributed by atoms with E-state index in [2.05, 4.69) is 16.9 Å². The SMILES string of the molecule is C=CC(=O)N(Cc1cnnn1CC)c1ccc2c(c1)CCN2C(C)=O. The Hall–Kier alpha value is -2.96. The fourth-order valence-electron chi connectivity index (χ4n) is 3.12. The number of aryl methyl sites for hydroxylation is 1. The molecule has 0 saturated heterocycles. The summed E-state index contributed by atoms with van der Waals surface area (Å²) in [6.45, 7) is 8.87. The number of benzene rings is 1. The van der Waals surface area contributed by atoms with Crippen LogP contribution in [-0.4, -0.2) is 33.4 Å². The first-order valence-electron chi connectivity index (χ1n) is 8.27. The number of hydrogen-bond acceptors (Lipinski definition) is 4. The molecule has 0 fully saturated rings. The highest BCUT2D eigenvalue weighted by atomic mass is 16.2. The second kappa shape index (κ2) is 6.88. The average molecular weight is 339 g/mol. The second-order valence-corrected chi connectivity index (χ2v) is 5.90. The molecule has 3 rings (SSSR count). The van der Waals surface area contributed by atoms with Crippen LogP contribution in [0.4, 0.5) is 11.4 Å². The summed E-state index contributed by atoms with van der Waals surface area (Å²) in [5.41, 5.74) is 3.61. The summed E-state index contributed by atoms with van der Waals surface area (Å²) < 4.78 is 1.76. The van der Waals surface area contributed by atoms with Crippen molar-refractivity contribution in [2.45, 2.75) is 33.4 Å². The lowest BCUT2D eigenvalue weighted by molar-refractivity contribution is -0.116. The molecule has 25 heavy (non-hydrogen) atoms. The topological polar surface area (TPSA) is 71.3 Å². The Morgan fingerprint density at radius 3 is 2.88 bits per heavy atom. The van der Waals surface area contributed by atoms with E-state index in [0.717, 1.165) is 29.1 Å². The molecule has 1 aliphatic rings. The Kier molecular flexibility index (Phi) is 4.65. The Morgan fingerprint density at radius 1 is 1.40 bits per heavy atom. The van der Waals surface area contributed by atoms with Gasteiger partial charge in [-0.1, -0.05) is 11.8 Å². The van der Waals surface area contributed by atoms with E-state index in [-0.39, 0.29) is 11.8 Å². The molecule has 0 N–H and O–H groups in total. The largest absolute Gasteiger partial charge is 0.312 e. The normalized spacial score (nSPS) is 12.8. The van der Waals surface area contributed by atoms with E-state index in [1.54, 1.807) is 27.6 Å². The molecule has 1 aromatic heterocycles. The molecule has 130 valence electrons. The van der Waals surface area contributed by atoms with E-state index < -0.39 is 0 Å². The number of carbonyl (C=O) groups is 2. The molecule has 0 saturated carbocycles. The molecule has 0 unspecified atom stereocenters. The molecule has 0 bridgehead atoms. The zero-order valence-electron chi connectivity index (χ0n) is 14.5. The summed E-state index contributed by atoms with van der Waals surface area (Å²) in [6.07, 6.45) is 3.75. The van der Waals surface area contributed by atoms with Crippen molar-refractivity contribution in [3.8, 4) is 0 Å². The van der Waals surface area contributed by atoms with Crippen molar-refractivity contribution in [2.24, 2.45) is 0 Å². The zero-order chi connectivity index (χ0) is 18.0. The van der Waals surface area contributed by atoms with Crippen LogP contribution in [-0.2, 0) is 29.1 Å². The van der Waals surface area contributed by atoms with Crippen LogP contribution in [0.3, 0.4) is 0 Å². The van der Waals surface area contributed by atoms with Crippen molar-refractivity contribution < 1.29 is 9.59 Å². The molecule has 0 aliphatic carbocycles. The molecule has 0 radical (unpaired) electrons. The highest BCUT2D eigenvalue weighted by Crippen LogP contribution is 2.32. The van der Waals surface area contributed by atoms with Gasteiger partial charge < -0.3 is 9.80 Å². The van der Waals surface area contributed by atoms with Gasteiger partial charge in [-0.05, 0) is 43.2 Å². The van der Waals surface area contributed by atoms with Gasteiger partial charge in [0.1, 0.15) is 0 Å². The standard InChI is InChI=1S/C18H21N5O2/c1-4-18(25)22(12-16-11-19-20-23(16)5-2)15-6-7-17-14(10-15)8-9-21(17)13(3)24/h4,6-7,10-11H,1,5,8-9,12H2,2-3H3. The smallest absolute Gasteiger partial charge is 0.250 e. The van der Waals surface area contributed by atoms with Crippen LogP contribution in [0.5, 0.6) is 0 Å². The van der Waals surface area contributed by atoms with Gasteiger partial charge in [-0.15, -0.1) is 5.10 Å². The number of amides is 2. The van der Waals surface area contributed by atoms with Gasteiger partial charge in [0, 0.05) is 31.4 Å². The lowest BCUT2D eigenvalue weighted by Crippen LogP contribution is -2.30. The highest BCUT2D eigenvalue weighted by molar-refractivity contribution is 6.01. The molecule has 2 aromatic rings. The maximum absolute atomic E-state index is 12.4. The van der Waals surface area contributed by atoms with Crippen LogP contribution in [0.25, 0.3) is 0 Å². The summed E-state index contributed by atoms with van der Waals surface area (Å²) in [5, 5.41) is 7.93. The van der Waals surface area contributed by atoms with Gasteiger partial charge in [0.2, 0.25) is 5.91 Å². The van der Waals surface area contributed by atoms with Crippen molar-refractivity contribution in [1.82, 2.24) is 15.0 Å². The number of fused-ring (bicyclic) bond motifs is 1. The van der Waals surface area contributed by atoms with Crippen LogP contribution in [0, 0.1) is 0 Å². The molecular weight excluding hydrogens is 318 g/mol. The van der Waals surface area contributed by atoms with Crippen LogP contribution >= 0.6 is 0 Å². The fraction of sp³-hybridized carbons (Fsp3) is 0.333. The molecule has 2 heterocycles. The Bertz CT molecular complexity index is 827. The maximum atomic E-state index is 12.4. The molecule has 2 amide bonds. The van der Waals surface area contributed by atoms with E-state index in [9.17, 15) is 9.59 Å². The molecule has 1 aromatic carbocycles. The Balaban J connectivity index is 1.94. The van der Waals surface area contributed by atoms with Crippen molar-refractivity contribution in [2.75, 3.05) is 16.3 Å². The number of rotatable bonds is 5. The van der Waals surface area contributed by atoms with E-state index in [0.29, 0.717) is 19.6 Å². The molecule has 7 nitrogen and oxygen atoms in total. The minimum atomic E-state index is -0.190. The molecule has 0 atom stereocenters. The van der Waals surface area contributed by atoms with E-state index in [4.69, 9.17) is 0 Å². The van der Waals surface area contributed by atoms with Gasteiger partial charge in [0.05, 0.1) is 18.4 Å². The number of aromatic nitrogens is 3. The van der Waals surface area contributed by atoms with Crippen molar-refractivity contribution in [3.05, 3.63) is 48.3 Å². The monoisotopic (exact) mass is 339 g/mol. The Labute approximate surface area is 146 Å². The zero-order valence-corrected chi connectivity index (χ0v) is 14.5. The van der Waals surface area contributed by atoms with Gasteiger partial charge in [0.25, 0.3) is 5.91 Å². The highest BCUT2D eigenvalue weighted by Gasteiger charge is 2.24. The van der Waals surface area contributed by atoms with Crippen molar-refractivity contribution >= 4 is 23.2 Å². The lowest BCUT2D eigenvalue weighted by atomic mass is 10.1. The maximum Gasteiger partial charge on any atom is 0.250 e. The summed E-state index contributed by atoms with van der Waals surface area (Å²) in [4.78, 5) is 27.5. The molecule has 1 aliphatic heterocycles. The fourth-order valence-corrected chi connectivity index (χ4v) is 3.12. The number of hydrogen-bond donors (Lipinski definition) is 0. The third-order valence-electron chi connectivity index (χ3n) is 4.41. The average Bonchev–Trinajstić information content (AvgIpc) is 3.24. The molecular formula is C18H21N5O2. The van der Waals surface area contributed by atoms with Gasteiger partial charge in [-0.2, -0.15) is 0 Å². The van der Waals surface area contributed by atoms with Gasteiger partial charge in [-0.25, -0.2) is 4.68 Å². The van der Waals surface area contributed by atoms with Gasteiger partial charge in [0.15, 0.2) is 0 Å². The number of carbonyl (C=O) groups excluding carboxylic acids is 2. The second-order valence-electron chi connectivity index (χ2n) is 5.90. The molecule has 7 heteroatoms. The number of anilines is 2. The first kappa shape index (κ1) is 16.9. The summed E-state index contributed by atoms with van der Waals surface area (Å²) in [5.74, 6) is -0.159. The first-order chi connectivity index (χ1) is 12.0. The van der Waals surface area contributed by atoms with Gasteiger partial charge >= 0.3 is 0 Å². The quantitative estimate of drug-likeness (QED) is 0.781. The van der Waals surface area contributed by atoms with E-state index in [1.807, 2.05) is 25.1 Å². The predicted octanol–water partition coefficient (Wildman–Crippen LogP) is 1.93. The summed E-state index contributed by atoms with van der Waals surface area (Å²) in [6, 6.07) is 5.74.